The van der Waals surface area contributed by atoms with Gasteiger partial charge in [0.1, 0.15) is 24.2 Å². The van der Waals surface area contributed by atoms with Gasteiger partial charge in [-0.25, -0.2) is 9.18 Å². The summed E-state index contributed by atoms with van der Waals surface area (Å²) in [6.45, 7) is 5.01. The maximum Gasteiger partial charge on any atom is 0.310 e. The highest BCUT2D eigenvalue weighted by molar-refractivity contribution is 5.54. The Bertz CT molecular complexity index is 928. The number of rotatable bonds is 6. The molecule has 1 aliphatic heterocycles. The summed E-state index contributed by atoms with van der Waals surface area (Å²) in [6.07, 6.45) is 0. The number of nitro benzene ring substituents is 1. The molecule has 1 fully saturated rings. The van der Waals surface area contributed by atoms with Gasteiger partial charge in [-0.1, -0.05) is 24.3 Å². The molecule has 1 heterocycles. The zero-order valence-corrected chi connectivity index (χ0v) is 16.2. The molecule has 29 heavy (non-hydrogen) atoms. The lowest BCUT2D eigenvalue weighted by atomic mass is 10.0. The molecule has 1 aliphatic rings. The average Bonchev–Trinajstić information content (AvgIpc) is 2.71. The van der Waals surface area contributed by atoms with Crippen molar-refractivity contribution in [2.45, 2.75) is 32.5 Å². The van der Waals surface area contributed by atoms with E-state index in [0.717, 1.165) is 5.56 Å². The van der Waals surface area contributed by atoms with Crippen LogP contribution in [0.25, 0.3) is 0 Å². The van der Waals surface area contributed by atoms with Gasteiger partial charge in [-0.3, -0.25) is 15.0 Å². The highest BCUT2D eigenvalue weighted by atomic mass is 19.1. The summed E-state index contributed by atoms with van der Waals surface area (Å²) >= 11 is 0. The maximum atomic E-state index is 13.2. The van der Waals surface area contributed by atoms with E-state index in [-0.39, 0.29) is 36.1 Å². The Hall–Kier alpha value is -3.22. The van der Waals surface area contributed by atoms with Crippen LogP contribution in [0.15, 0.2) is 54.2 Å². The molecule has 152 valence electrons. The third-order valence-corrected chi connectivity index (χ3v) is 5.10. The topological polar surface area (TPSA) is 75.9 Å². The lowest BCUT2D eigenvalue weighted by Gasteiger charge is -2.45. The van der Waals surface area contributed by atoms with Crippen molar-refractivity contribution in [3.8, 4) is 5.75 Å². The summed E-state index contributed by atoms with van der Waals surface area (Å²) in [5, 5.41) is 11.2. The van der Waals surface area contributed by atoms with Crippen LogP contribution in [0.4, 0.5) is 10.1 Å². The van der Waals surface area contributed by atoms with Gasteiger partial charge in [0.15, 0.2) is 5.75 Å². The number of benzene rings is 2. The zero-order chi connectivity index (χ0) is 21.0. The molecule has 0 saturated carbocycles. The van der Waals surface area contributed by atoms with Gasteiger partial charge in [-0.05, 0) is 37.6 Å². The van der Waals surface area contributed by atoms with Crippen LogP contribution in [0.3, 0.4) is 0 Å². The Morgan fingerprint density at radius 3 is 2.55 bits per heavy atom. The van der Waals surface area contributed by atoms with Crippen molar-refractivity contribution in [3.05, 3.63) is 75.7 Å². The third-order valence-electron chi connectivity index (χ3n) is 5.10. The maximum absolute atomic E-state index is 13.2. The number of halogens is 1. The van der Waals surface area contributed by atoms with Crippen LogP contribution >= 0.6 is 0 Å². The number of ether oxygens (including phenoxy) is 1. The lowest BCUT2D eigenvalue weighted by molar-refractivity contribution is -0.386. The second kappa shape index (κ2) is 8.86. The van der Waals surface area contributed by atoms with E-state index in [1.165, 1.54) is 18.2 Å². The van der Waals surface area contributed by atoms with Crippen LogP contribution in [-0.2, 0) is 11.3 Å². The molecule has 0 N–H and O–H groups in total. The molecule has 0 unspecified atom stereocenters. The molecule has 2 atom stereocenters. The fourth-order valence-corrected chi connectivity index (χ4v) is 3.46. The summed E-state index contributed by atoms with van der Waals surface area (Å²) in [6, 6.07) is 12.1. The van der Waals surface area contributed by atoms with Gasteiger partial charge in [-0.2, -0.15) is 0 Å². The first-order valence-electron chi connectivity index (χ1n) is 9.27. The molecule has 0 spiro atoms. The van der Waals surface area contributed by atoms with E-state index in [2.05, 4.69) is 0 Å². The molecule has 0 aromatic heterocycles. The molecule has 0 bridgehead atoms. The van der Waals surface area contributed by atoms with Gasteiger partial charge in [-0.15, -0.1) is 0 Å². The standard InChI is InChI=1S/C21H22FN3O4/c1-15-11-23(14-29-21-6-4-3-5-19(21)25(27)28)16(2)20(13-26)24(15)12-17-7-9-18(22)10-8-17/h3-10,15-16H,11-12,14H2,1-2H3/t15-,16+/m1/s1. The molecule has 7 nitrogen and oxygen atoms in total. The van der Waals surface area contributed by atoms with Crippen LogP contribution in [0.1, 0.15) is 19.4 Å². The first-order chi connectivity index (χ1) is 13.9. The molecule has 1 saturated heterocycles. The van der Waals surface area contributed by atoms with Crippen LogP contribution in [0.2, 0.25) is 0 Å². The lowest BCUT2D eigenvalue weighted by Crippen LogP contribution is -2.55. The second-order valence-corrected chi connectivity index (χ2v) is 7.04. The molecule has 0 amide bonds. The summed E-state index contributed by atoms with van der Waals surface area (Å²) in [7, 11) is 0. The van der Waals surface area contributed by atoms with Gasteiger partial charge in [0.25, 0.3) is 0 Å². The van der Waals surface area contributed by atoms with Gasteiger partial charge in [0.2, 0.25) is 0 Å². The van der Waals surface area contributed by atoms with E-state index in [0.29, 0.717) is 18.8 Å². The highest BCUT2D eigenvalue weighted by Crippen LogP contribution is 2.29. The predicted octanol–water partition coefficient (Wildman–Crippen LogP) is 3.38. The van der Waals surface area contributed by atoms with E-state index in [4.69, 9.17) is 4.74 Å². The smallest absolute Gasteiger partial charge is 0.310 e. The summed E-state index contributed by atoms with van der Waals surface area (Å²) in [5.41, 5.74) is 1.26. The molecule has 0 aliphatic carbocycles. The van der Waals surface area contributed by atoms with Crippen LogP contribution in [0.5, 0.6) is 5.75 Å². The third kappa shape index (κ3) is 4.62. The average molecular weight is 399 g/mol. The quantitative estimate of drug-likeness (QED) is 0.421. The monoisotopic (exact) mass is 399 g/mol. The minimum atomic E-state index is -0.487. The number of nitrogens with zero attached hydrogens (tertiary/aromatic N) is 3. The molecule has 3 rings (SSSR count). The summed E-state index contributed by atoms with van der Waals surface area (Å²) < 4.78 is 18.9. The predicted molar refractivity (Wildman–Crippen MR) is 105 cm³/mol. The minimum absolute atomic E-state index is 0.0259. The molecule has 2 aromatic rings. The zero-order valence-electron chi connectivity index (χ0n) is 16.2. The Labute approximate surface area is 168 Å². The molecular formula is C21H22FN3O4. The summed E-state index contributed by atoms with van der Waals surface area (Å²) in [5.74, 6) is 1.91. The van der Waals surface area contributed by atoms with Crippen LogP contribution in [0, 0.1) is 15.9 Å². The Morgan fingerprint density at radius 1 is 1.21 bits per heavy atom. The van der Waals surface area contributed by atoms with Crippen molar-refractivity contribution < 1.29 is 18.8 Å². The van der Waals surface area contributed by atoms with Crippen LogP contribution < -0.4 is 4.74 Å². The van der Waals surface area contributed by atoms with E-state index in [1.54, 1.807) is 30.3 Å². The highest BCUT2D eigenvalue weighted by Gasteiger charge is 2.34. The fraction of sp³-hybridized carbons (Fsp3) is 0.333. The summed E-state index contributed by atoms with van der Waals surface area (Å²) in [4.78, 5) is 26.3. The van der Waals surface area contributed by atoms with Crippen molar-refractivity contribution in [1.29, 1.82) is 0 Å². The molecular weight excluding hydrogens is 377 g/mol. The number of nitro groups is 1. The number of hydrogen-bond acceptors (Lipinski definition) is 6. The Morgan fingerprint density at radius 2 is 1.90 bits per heavy atom. The van der Waals surface area contributed by atoms with Crippen molar-refractivity contribution >= 4 is 11.6 Å². The fourth-order valence-electron chi connectivity index (χ4n) is 3.46. The van der Waals surface area contributed by atoms with Gasteiger partial charge in [0.05, 0.1) is 11.0 Å². The Balaban J connectivity index is 1.72. The van der Waals surface area contributed by atoms with E-state index < -0.39 is 4.92 Å². The normalized spacial score (nSPS) is 19.7. The van der Waals surface area contributed by atoms with Crippen molar-refractivity contribution in [1.82, 2.24) is 9.80 Å². The van der Waals surface area contributed by atoms with Crippen molar-refractivity contribution in [3.63, 3.8) is 0 Å². The number of hydrogen-bond donors (Lipinski definition) is 0. The van der Waals surface area contributed by atoms with E-state index in [9.17, 15) is 19.3 Å². The first-order valence-corrected chi connectivity index (χ1v) is 9.27. The van der Waals surface area contributed by atoms with E-state index >= 15 is 0 Å². The van der Waals surface area contributed by atoms with Gasteiger partial charge < -0.3 is 9.64 Å². The molecule has 2 aromatic carbocycles. The van der Waals surface area contributed by atoms with Crippen molar-refractivity contribution in [2.24, 2.45) is 0 Å². The largest absolute Gasteiger partial charge is 0.471 e. The van der Waals surface area contributed by atoms with Gasteiger partial charge >= 0.3 is 5.69 Å². The Kier molecular flexibility index (Phi) is 6.26. The second-order valence-electron chi connectivity index (χ2n) is 7.04. The first kappa shape index (κ1) is 20.5. The molecule has 8 heteroatoms. The number of carbonyl (C=O) groups excluding carboxylic acids is 1. The SMILES string of the molecule is C[C@@H]1CN(COc2ccccc2[N+](=O)[O-])[C@@H](C)C(=C=O)N1Cc1ccc(F)cc1. The number of piperazine rings is 1. The van der Waals surface area contributed by atoms with E-state index in [1.807, 2.05) is 29.6 Å². The van der Waals surface area contributed by atoms with Gasteiger partial charge in [0, 0.05) is 25.2 Å². The molecule has 0 radical (unpaired) electrons. The minimum Gasteiger partial charge on any atom is -0.471 e. The number of para-hydroxylation sites is 2. The van der Waals surface area contributed by atoms with Crippen molar-refractivity contribution in [2.75, 3.05) is 13.3 Å². The van der Waals surface area contributed by atoms with Crippen LogP contribution in [-0.4, -0.2) is 46.0 Å².